The number of fused-ring (bicyclic) bond motifs is 1. The molecule has 0 aliphatic carbocycles. The van der Waals surface area contributed by atoms with Crippen LogP contribution in [0.5, 0.6) is 0 Å². The van der Waals surface area contributed by atoms with Crippen molar-refractivity contribution in [1.29, 1.82) is 0 Å². The molecule has 0 N–H and O–H groups in total. The summed E-state index contributed by atoms with van der Waals surface area (Å²) in [6.07, 6.45) is 2.06. The Morgan fingerprint density at radius 2 is 1.74 bits per heavy atom. The lowest BCUT2D eigenvalue weighted by atomic mass is 10.00. The second-order valence-corrected chi connectivity index (χ2v) is 7.73. The molecule has 0 saturated carbocycles. The van der Waals surface area contributed by atoms with Crippen LogP contribution in [0.2, 0.25) is 0 Å². The third-order valence-corrected chi connectivity index (χ3v) is 5.63. The minimum Gasteiger partial charge on any atom is -0.304 e. The fourth-order valence-corrected chi connectivity index (χ4v) is 3.85. The Balaban J connectivity index is 1.67. The molecular formula is C23H27N3O. The summed E-state index contributed by atoms with van der Waals surface area (Å²) >= 11 is 0. The Labute approximate surface area is 161 Å². The molecule has 0 bridgehead atoms. The van der Waals surface area contributed by atoms with Gasteiger partial charge in [0, 0.05) is 37.3 Å². The minimum atomic E-state index is 0.107. The lowest BCUT2D eigenvalue weighted by Crippen LogP contribution is -2.49. The molecule has 4 nitrogen and oxygen atoms in total. The monoisotopic (exact) mass is 361 g/mol. The molecule has 1 saturated heterocycles. The van der Waals surface area contributed by atoms with Gasteiger partial charge in [-0.1, -0.05) is 42.0 Å². The van der Waals surface area contributed by atoms with Crippen molar-refractivity contribution in [2.24, 2.45) is 0 Å². The topological polar surface area (TPSA) is 26.8 Å². The lowest BCUT2D eigenvalue weighted by molar-refractivity contribution is -0.113. The van der Waals surface area contributed by atoms with E-state index in [2.05, 4.69) is 67.1 Å². The van der Waals surface area contributed by atoms with Gasteiger partial charge in [-0.3, -0.25) is 14.6 Å². The molecule has 2 aliphatic rings. The highest BCUT2D eigenvalue weighted by Gasteiger charge is 2.33. The Hall–Kier alpha value is -2.43. The summed E-state index contributed by atoms with van der Waals surface area (Å²) in [5.74, 6) is 0.107. The van der Waals surface area contributed by atoms with E-state index in [4.69, 9.17) is 0 Å². The number of carbonyl (C=O) groups excluding carboxylic acids is 1. The summed E-state index contributed by atoms with van der Waals surface area (Å²) in [6.45, 7) is 8.94. The number of aryl methyl sites for hydroxylation is 2. The second-order valence-electron chi connectivity index (χ2n) is 7.73. The highest BCUT2D eigenvalue weighted by molar-refractivity contribution is 6.35. The first kappa shape index (κ1) is 18.0. The van der Waals surface area contributed by atoms with Crippen molar-refractivity contribution in [2.75, 3.05) is 44.8 Å². The number of benzene rings is 2. The van der Waals surface area contributed by atoms with Gasteiger partial charge in [0.05, 0.1) is 12.4 Å². The summed E-state index contributed by atoms with van der Waals surface area (Å²) in [7, 11) is 2.15. The van der Waals surface area contributed by atoms with Crippen molar-refractivity contribution >= 4 is 23.2 Å². The number of piperazine rings is 1. The molecule has 140 valence electrons. The van der Waals surface area contributed by atoms with Gasteiger partial charge in [-0.2, -0.15) is 0 Å². The number of likely N-dealkylation sites (N-methyl/N-ethyl adjacent to an activating group) is 1. The number of rotatable bonds is 3. The zero-order valence-electron chi connectivity index (χ0n) is 16.4. The fourth-order valence-electron chi connectivity index (χ4n) is 3.85. The number of hydrogen-bond donors (Lipinski definition) is 0. The van der Waals surface area contributed by atoms with E-state index in [1.807, 2.05) is 17.0 Å². The van der Waals surface area contributed by atoms with Crippen LogP contribution in [0.4, 0.5) is 5.69 Å². The van der Waals surface area contributed by atoms with Crippen LogP contribution in [0, 0.1) is 13.8 Å². The Kier molecular flexibility index (Phi) is 4.85. The standard InChI is InChI=1S/C23H27N3O/c1-17-8-9-18(2)19(14-17)15-21-20-6-4-5-7-22(20)26(23(21)27)16-25-12-10-24(3)11-13-25/h4-9,14-15H,10-13,16H2,1-3H3. The number of para-hydroxylation sites is 1. The van der Waals surface area contributed by atoms with E-state index < -0.39 is 0 Å². The summed E-state index contributed by atoms with van der Waals surface area (Å²) < 4.78 is 0. The number of amides is 1. The highest BCUT2D eigenvalue weighted by Crippen LogP contribution is 2.38. The average Bonchev–Trinajstić information content (AvgIpc) is 2.92. The molecule has 0 atom stereocenters. The van der Waals surface area contributed by atoms with Gasteiger partial charge >= 0.3 is 0 Å². The van der Waals surface area contributed by atoms with Crippen molar-refractivity contribution in [3.63, 3.8) is 0 Å². The minimum absolute atomic E-state index is 0.107. The van der Waals surface area contributed by atoms with Crippen LogP contribution in [0.1, 0.15) is 22.3 Å². The molecular weight excluding hydrogens is 334 g/mol. The summed E-state index contributed by atoms with van der Waals surface area (Å²) in [6, 6.07) is 14.5. The highest BCUT2D eigenvalue weighted by atomic mass is 16.2. The van der Waals surface area contributed by atoms with Crippen molar-refractivity contribution < 1.29 is 4.79 Å². The molecule has 1 amide bonds. The first-order valence-electron chi connectivity index (χ1n) is 9.64. The fraction of sp³-hybridized carbons (Fsp3) is 0.348. The third-order valence-electron chi connectivity index (χ3n) is 5.63. The maximum atomic E-state index is 13.3. The van der Waals surface area contributed by atoms with E-state index in [0.29, 0.717) is 6.67 Å². The van der Waals surface area contributed by atoms with Crippen LogP contribution >= 0.6 is 0 Å². The van der Waals surface area contributed by atoms with Crippen LogP contribution in [0.3, 0.4) is 0 Å². The molecule has 4 heteroatoms. The first-order chi connectivity index (χ1) is 13.0. The Morgan fingerprint density at radius 3 is 2.52 bits per heavy atom. The van der Waals surface area contributed by atoms with Gasteiger partial charge in [-0.25, -0.2) is 0 Å². The molecule has 1 fully saturated rings. The lowest BCUT2D eigenvalue weighted by Gasteiger charge is -2.34. The SMILES string of the molecule is Cc1ccc(C)c(C=C2C(=O)N(CN3CCN(C)CC3)c3ccccc32)c1. The number of anilines is 1. The van der Waals surface area contributed by atoms with Gasteiger partial charge < -0.3 is 4.90 Å². The van der Waals surface area contributed by atoms with Crippen molar-refractivity contribution in [3.05, 3.63) is 64.7 Å². The van der Waals surface area contributed by atoms with E-state index in [0.717, 1.165) is 48.6 Å². The molecule has 2 heterocycles. The molecule has 4 rings (SSSR count). The quantitative estimate of drug-likeness (QED) is 0.784. The van der Waals surface area contributed by atoms with Gasteiger partial charge in [-0.05, 0) is 44.2 Å². The van der Waals surface area contributed by atoms with E-state index in [-0.39, 0.29) is 5.91 Å². The van der Waals surface area contributed by atoms with E-state index in [1.54, 1.807) is 0 Å². The van der Waals surface area contributed by atoms with Gasteiger partial charge in [0.25, 0.3) is 5.91 Å². The average molecular weight is 361 g/mol. The maximum Gasteiger partial charge on any atom is 0.260 e. The van der Waals surface area contributed by atoms with Crippen LogP contribution in [-0.4, -0.2) is 55.6 Å². The van der Waals surface area contributed by atoms with Gasteiger partial charge in [0.15, 0.2) is 0 Å². The number of carbonyl (C=O) groups is 1. The van der Waals surface area contributed by atoms with E-state index >= 15 is 0 Å². The second kappa shape index (κ2) is 7.29. The zero-order valence-corrected chi connectivity index (χ0v) is 16.4. The molecule has 2 aliphatic heterocycles. The van der Waals surface area contributed by atoms with Crippen LogP contribution in [-0.2, 0) is 4.79 Å². The van der Waals surface area contributed by atoms with E-state index in [1.165, 1.54) is 11.1 Å². The van der Waals surface area contributed by atoms with Crippen molar-refractivity contribution in [2.45, 2.75) is 13.8 Å². The Bertz CT molecular complexity index is 894. The number of hydrogen-bond acceptors (Lipinski definition) is 3. The van der Waals surface area contributed by atoms with Crippen LogP contribution < -0.4 is 4.90 Å². The smallest absolute Gasteiger partial charge is 0.260 e. The molecule has 2 aromatic rings. The van der Waals surface area contributed by atoms with Gasteiger partial charge in [0.1, 0.15) is 0 Å². The van der Waals surface area contributed by atoms with Crippen molar-refractivity contribution in [3.8, 4) is 0 Å². The molecule has 0 radical (unpaired) electrons. The third kappa shape index (κ3) is 3.55. The van der Waals surface area contributed by atoms with Crippen molar-refractivity contribution in [1.82, 2.24) is 9.80 Å². The summed E-state index contributed by atoms with van der Waals surface area (Å²) in [4.78, 5) is 20.0. The predicted molar refractivity (Wildman–Crippen MR) is 112 cm³/mol. The summed E-state index contributed by atoms with van der Waals surface area (Å²) in [5, 5.41) is 0. The molecule has 0 unspecified atom stereocenters. The first-order valence-corrected chi connectivity index (χ1v) is 9.64. The summed E-state index contributed by atoms with van der Waals surface area (Å²) in [5.41, 5.74) is 6.38. The zero-order chi connectivity index (χ0) is 19.0. The van der Waals surface area contributed by atoms with Crippen LogP contribution in [0.15, 0.2) is 42.5 Å². The Morgan fingerprint density at radius 1 is 1.00 bits per heavy atom. The maximum absolute atomic E-state index is 13.3. The largest absolute Gasteiger partial charge is 0.304 e. The van der Waals surface area contributed by atoms with E-state index in [9.17, 15) is 4.79 Å². The molecule has 27 heavy (non-hydrogen) atoms. The van der Waals surface area contributed by atoms with Crippen LogP contribution in [0.25, 0.3) is 11.6 Å². The normalized spacial score (nSPS) is 19.7. The van der Waals surface area contributed by atoms with Gasteiger partial charge in [-0.15, -0.1) is 0 Å². The van der Waals surface area contributed by atoms with Gasteiger partial charge in [0.2, 0.25) is 0 Å². The predicted octanol–water partition coefficient (Wildman–Crippen LogP) is 3.40. The molecule has 2 aromatic carbocycles. The molecule has 0 spiro atoms. The molecule has 0 aromatic heterocycles. The number of nitrogens with zero attached hydrogens (tertiary/aromatic N) is 3.